The SMILES string of the molecule is O=Cc1nccn1C1COC1. The molecule has 0 aromatic carbocycles. The first-order chi connectivity index (χ1) is 5.42. The monoisotopic (exact) mass is 152 g/mol. The van der Waals surface area contributed by atoms with Crippen LogP contribution in [0.5, 0.6) is 0 Å². The molecular weight excluding hydrogens is 144 g/mol. The lowest BCUT2D eigenvalue weighted by molar-refractivity contribution is -0.0239. The second-order valence-corrected chi connectivity index (χ2v) is 2.50. The maximum Gasteiger partial charge on any atom is 0.185 e. The summed E-state index contributed by atoms with van der Waals surface area (Å²) in [5, 5.41) is 0. The molecule has 1 aliphatic rings. The summed E-state index contributed by atoms with van der Waals surface area (Å²) in [6.07, 6.45) is 4.19. The van der Waals surface area contributed by atoms with Crippen LogP contribution in [0.2, 0.25) is 0 Å². The Morgan fingerprint density at radius 2 is 2.55 bits per heavy atom. The summed E-state index contributed by atoms with van der Waals surface area (Å²) in [5.74, 6) is 0.485. The Hall–Kier alpha value is -1.16. The van der Waals surface area contributed by atoms with Crippen molar-refractivity contribution < 1.29 is 9.53 Å². The van der Waals surface area contributed by atoms with Gasteiger partial charge in [-0.25, -0.2) is 4.98 Å². The van der Waals surface area contributed by atoms with Crippen molar-refractivity contribution in [1.29, 1.82) is 0 Å². The molecular formula is C7H8N2O2. The highest BCUT2D eigenvalue weighted by molar-refractivity contribution is 5.69. The number of carbonyl (C=O) groups is 1. The second-order valence-electron chi connectivity index (χ2n) is 2.50. The van der Waals surface area contributed by atoms with Gasteiger partial charge in [0.05, 0.1) is 19.3 Å². The van der Waals surface area contributed by atoms with Gasteiger partial charge in [-0.1, -0.05) is 0 Å². The fraction of sp³-hybridized carbons (Fsp3) is 0.429. The largest absolute Gasteiger partial charge is 0.377 e. The average Bonchev–Trinajstić information content (AvgIpc) is 2.32. The molecule has 0 radical (unpaired) electrons. The third kappa shape index (κ3) is 0.952. The molecule has 2 rings (SSSR count). The smallest absolute Gasteiger partial charge is 0.185 e. The molecule has 0 bridgehead atoms. The maximum atomic E-state index is 10.4. The molecule has 58 valence electrons. The Morgan fingerprint density at radius 3 is 3.09 bits per heavy atom. The molecule has 0 amide bonds. The minimum Gasteiger partial charge on any atom is -0.377 e. The molecule has 0 saturated carbocycles. The average molecular weight is 152 g/mol. The van der Waals surface area contributed by atoms with Gasteiger partial charge in [0, 0.05) is 12.4 Å². The lowest BCUT2D eigenvalue weighted by Gasteiger charge is -2.27. The first-order valence-corrected chi connectivity index (χ1v) is 3.47. The van der Waals surface area contributed by atoms with E-state index in [9.17, 15) is 4.79 Å². The molecule has 1 aliphatic heterocycles. The fourth-order valence-corrected chi connectivity index (χ4v) is 1.11. The summed E-state index contributed by atoms with van der Waals surface area (Å²) in [7, 11) is 0. The van der Waals surface area contributed by atoms with Crippen LogP contribution < -0.4 is 0 Å². The zero-order valence-corrected chi connectivity index (χ0v) is 5.93. The van der Waals surface area contributed by atoms with Gasteiger partial charge >= 0.3 is 0 Å². The number of aldehydes is 1. The number of hydrogen-bond donors (Lipinski definition) is 0. The van der Waals surface area contributed by atoms with E-state index in [4.69, 9.17) is 4.74 Å². The van der Waals surface area contributed by atoms with E-state index in [1.165, 1.54) is 0 Å². The normalized spacial score (nSPS) is 17.8. The predicted octanol–water partition coefficient (Wildman–Crippen LogP) is 0.267. The highest BCUT2D eigenvalue weighted by atomic mass is 16.5. The standard InChI is InChI=1S/C7H8N2O2/c10-3-7-8-1-2-9(7)6-4-11-5-6/h1-3,6H,4-5H2. The third-order valence-electron chi connectivity index (χ3n) is 1.82. The van der Waals surface area contributed by atoms with Crippen molar-refractivity contribution in [2.75, 3.05) is 13.2 Å². The van der Waals surface area contributed by atoms with E-state index in [2.05, 4.69) is 4.98 Å². The van der Waals surface area contributed by atoms with Gasteiger partial charge in [-0.15, -0.1) is 0 Å². The number of aromatic nitrogens is 2. The highest BCUT2D eigenvalue weighted by Gasteiger charge is 2.21. The summed E-state index contributed by atoms with van der Waals surface area (Å²) < 4.78 is 6.84. The Labute approximate surface area is 63.8 Å². The summed E-state index contributed by atoms with van der Waals surface area (Å²) >= 11 is 0. The molecule has 0 spiro atoms. The van der Waals surface area contributed by atoms with E-state index in [0.717, 1.165) is 6.29 Å². The van der Waals surface area contributed by atoms with Gasteiger partial charge in [-0.2, -0.15) is 0 Å². The molecule has 0 atom stereocenters. The van der Waals surface area contributed by atoms with Crippen molar-refractivity contribution in [3.63, 3.8) is 0 Å². The van der Waals surface area contributed by atoms with Gasteiger partial charge in [0.25, 0.3) is 0 Å². The van der Waals surface area contributed by atoms with Gasteiger partial charge in [-0.05, 0) is 0 Å². The Morgan fingerprint density at radius 1 is 1.73 bits per heavy atom. The van der Waals surface area contributed by atoms with Crippen molar-refractivity contribution >= 4 is 6.29 Å². The van der Waals surface area contributed by atoms with Crippen LogP contribution in [0.3, 0.4) is 0 Å². The van der Waals surface area contributed by atoms with E-state index in [-0.39, 0.29) is 0 Å². The minimum absolute atomic E-state index is 0.317. The van der Waals surface area contributed by atoms with Crippen LogP contribution in [0, 0.1) is 0 Å². The zero-order valence-electron chi connectivity index (χ0n) is 5.93. The van der Waals surface area contributed by atoms with Crippen LogP contribution in [0.15, 0.2) is 12.4 Å². The van der Waals surface area contributed by atoms with Crippen molar-refractivity contribution in [3.05, 3.63) is 18.2 Å². The van der Waals surface area contributed by atoms with Crippen LogP contribution in [0.1, 0.15) is 16.7 Å². The van der Waals surface area contributed by atoms with Crippen molar-refractivity contribution in [1.82, 2.24) is 9.55 Å². The van der Waals surface area contributed by atoms with Gasteiger partial charge in [-0.3, -0.25) is 4.79 Å². The molecule has 1 aromatic heterocycles. The number of rotatable bonds is 2. The third-order valence-corrected chi connectivity index (χ3v) is 1.82. The molecule has 4 nitrogen and oxygen atoms in total. The predicted molar refractivity (Wildman–Crippen MR) is 37.5 cm³/mol. The molecule has 2 heterocycles. The van der Waals surface area contributed by atoms with E-state index >= 15 is 0 Å². The first-order valence-electron chi connectivity index (χ1n) is 3.47. The van der Waals surface area contributed by atoms with E-state index in [0.29, 0.717) is 25.1 Å². The van der Waals surface area contributed by atoms with E-state index < -0.39 is 0 Å². The van der Waals surface area contributed by atoms with Crippen LogP contribution in [-0.4, -0.2) is 29.1 Å². The summed E-state index contributed by atoms with van der Waals surface area (Å²) in [6.45, 7) is 1.38. The quantitative estimate of drug-likeness (QED) is 0.571. The van der Waals surface area contributed by atoms with E-state index in [1.54, 1.807) is 12.4 Å². The molecule has 1 saturated heterocycles. The molecule has 1 aromatic rings. The molecule has 0 N–H and O–H groups in total. The number of nitrogens with zero attached hydrogens (tertiary/aromatic N) is 2. The van der Waals surface area contributed by atoms with Crippen LogP contribution >= 0.6 is 0 Å². The maximum absolute atomic E-state index is 10.4. The van der Waals surface area contributed by atoms with Gasteiger partial charge in [0.15, 0.2) is 12.1 Å². The molecule has 0 unspecified atom stereocenters. The van der Waals surface area contributed by atoms with Crippen LogP contribution in [-0.2, 0) is 4.74 Å². The second kappa shape index (κ2) is 2.47. The summed E-state index contributed by atoms with van der Waals surface area (Å²) in [6, 6.07) is 0.317. The van der Waals surface area contributed by atoms with Crippen molar-refractivity contribution in [2.45, 2.75) is 6.04 Å². The van der Waals surface area contributed by atoms with Gasteiger partial charge in [0.2, 0.25) is 0 Å². The van der Waals surface area contributed by atoms with E-state index in [1.807, 2.05) is 4.57 Å². The number of ether oxygens (including phenoxy) is 1. The van der Waals surface area contributed by atoms with Crippen molar-refractivity contribution in [3.8, 4) is 0 Å². The van der Waals surface area contributed by atoms with Crippen molar-refractivity contribution in [2.24, 2.45) is 0 Å². The lowest BCUT2D eigenvalue weighted by Crippen LogP contribution is -2.31. The highest BCUT2D eigenvalue weighted by Crippen LogP contribution is 2.17. The molecule has 11 heavy (non-hydrogen) atoms. The molecule has 1 fully saturated rings. The van der Waals surface area contributed by atoms with Gasteiger partial charge in [0.1, 0.15) is 0 Å². The van der Waals surface area contributed by atoms with Gasteiger partial charge < -0.3 is 9.30 Å². The number of carbonyl (C=O) groups excluding carboxylic acids is 1. The number of imidazole rings is 1. The summed E-state index contributed by atoms with van der Waals surface area (Å²) in [4.78, 5) is 14.3. The molecule has 4 heteroatoms. The first kappa shape index (κ1) is 6.54. The Bertz CT molecular complexity index is 265. The molecule has 0 aliphatic carbocycles. The minimum atomic E-state index is 0.317. The Kier molecular flexibility index (Phi) is 1.47. The van der Waals surface area contributed by atoms with Crippen LogP contribution in [0.4, 0.5) is 0 Å². The zero-order chi connectivity index (χ0) is 7.68. The fourth-order valence-electron chi connectivity index (χ4n) is 1.11. The Balaban J connectivity index is 2.27. The summed E-state index contributed by atoms with van der Waals surface area (Å²) in [5.41, 5.74) is 0. The van der Waals surface area contributed by atoms with Crippen LogP contribution in [0.25, 0.3) is 0 Å². The number of hydrogen-bond acceptors (Lipinski definition) is 3. The topological polar surface area (TPSA) is 44.1 Å². The lowest BCUT2D eigenvalue weighted by atomic mass is 10.2.